The minimum Gasteiger partial charge on any atom is -0.378 e. The molecule has 222 valence electrons. The Kier molecular flexibility index (Phi) is 8.95. The van der Waals surface area contributed by atoms with Crippen molar-refractivity contribution in [3.05, 3.63) is 169 Å². The molecule has 0 N–H and O–H groups in total. The lowest BCUT2D eigenvalue weighted by molar-refractivity contribution is -0.629. The summed E-state index contributed by atoms with van der Waals surface area (Å²) in [5.74, 6) is 0. The molecule has 0 aliphatic rings. The van der Waals surface area contributed by atoms with Crippen LogP contribution in [0.25, 0.3) is 20.8 Å². The van der Waals surface area contributed by atoms with Gasteiger partial charge in [0.25, 0.3) is 5.01 Å². The smallest absolute Gasteiger partial charge is 0.269 e. The lowest BCUT2D eigenvalue weighted by Gasteiger charge is -2.44. The fourth-order valence-corrected chi connectivity index (χ4v) is 7.79. The molecule has 0 aliphatic heterocycles. The molecule has 6 aromatic carbocycles. The van der Waals surface area contributed by atoms with Crippen molar-refractivity contribution < 1.29 is 4.57 Å². The molecular formula is C41H39BN2S. The molecule has 45 heavy (non-hydrogen) atoms. The van der Waals surface area contributed by atoms with E-state index in [4.69, 9.17) is 0 Å². The van der Waals surface area contributed by atoms with Gasteiger partial charge < -0.3 is 4.90 Å². The summed E-state index contributed by atoms with van der Waals surface area (Å²) >= 11 is 1.85. The summed E-state index contributed by atoms with van der Waals surface area (Å²) in [6.45, 7) is 2.14. The van der Waals surface area contributed by atoms with Gasteiger partial charge in [0.15, 0.2) is 0 Å². The highest BCUT2D eigenvalue weighted by atomic mass is 32.1. The Bertz CT molecular complexity index is 1810. The predicted molar refractivity (Wildman–Crippen MR) is 198 cm³/mol. The summed E-state index contributed by atoms with van der Waals surface area (Å²) in [5.41, 5.74) is 10.5. The zero-order chi connectivity index (χ0) is 31.2. The second kappa shape index (κ2) is 13.4. The molecule has 7 rings (SSSR count). The number of hydrogen-bond acceptors (Lipinski definition) is 2. The van der Waals surface area contributed by atoms with Gasteiger partial charge in [-0.2, -0.15) is 26.4 Å². The minimum absolute atomic E-state index is 1.22. The first kappa shape index (κ1) is 30.1. The average Bonchev–Trinajstić information content (AvgIpc) is 3.42. The van der Waals surface area contributed by atoms with Crippen molar-refractivity contribution >= 4 is 55.2 Å². The van der Waals surface area contributed by atoms with Gasteiger partial charge in [-0.05, 0) is 42.8 Å². The maximum Gasteiger partial charge on any atom is 0.269 e. The largest absolute Gasteiger partial charge is 0.378 e. The summed E-state index contributed by atoms with van der Waals surface area (Å²) in [6, 6.07) is 58.9. The molecule has 2 nitrogen and oxygen atoms in total. The Labute approximate surface area is 271 Å². The summed E-state index contributed by atoms with van der Waals surface area (Å²) in [6.07, 6.45) is -1.22. The van der Waals surface area contributed by atoms with Gasteiger partial charge in [-0.3, -0.25) is 0 Å². The third kappa shape index (κ3) is 6.07. The molecule has 1 aromatic heterocycles. The van der Waals surface area contributed by atoms with E-state index >= 15 is 0 Å². The van der Waals surface area contributed by atoms with Crippen LogP contribution in [0.4, 0.5) is 5.69 Å². The van der Waals surface area contributed by atoms with Crippen molar-refractivity contribution in [2.45, 2.75) is 6.92 Å². The SMILES string of the molecule is Cc1ccc2c(c1)sc(-c1ccc(N(C)C)cc1)[n+]2C.c1ccc([B-](c2ccccc2)(c2ccccc2)c2ccccc2)cc1. The molecule has 1 heterocycles. The molecule has 0 amide bonds. The fraction of sp³-hybridized carbons (Fsp3) is 0.0976. The third-order valence-electron chi connectivity index (χ3n) is 8.82. The van der Waals surface area contributed by atoms with Crippen molar-refractivity contribution in [1.82, 2.24) is 0 Å². The van der Waals surface area contributed by atoms with Crippen LogP contribution in [0.5, 0.6) is 0 Å². The molecule has 0 bridgehead atoms. The van der Waals surface area contributed by atoms with Crippen LogP contribution in [0.15, 0.2) is 164 Å². The van der Waals surface area contributed by atoms with E-state index in [1.807, 2.05) is 11.3 Å². The lowest BCUT2D eigenvalue weighted by atomic mass is 9.13. The number of aryl methyl sites for hydroxylation is 2. The van der Waals surface area contributed by atoms with Crippen LogP contribution in [0, 0.1) is 6.92 Å². The normalized spacial score (nSPS) is 11.1. The number of anilines is 1. The molecule has 0 atom stereocenters. The predicted octanol–water partition coefficient (Wildman–Crippen LogP) is 6.83. The molecular weight excluding hydrogens is 563 g/mol. The van der Waals surface area contributed by atoms with E-state index in [1.165, 1.54) is 53.9 Å². The van der Waals surface area contributed by atoms with E-state index in [1.54, 1.807) is 0 Å². The topological polar surface area (TPSA) is 7.12 Å². The number of fused-ring (bicyclic) bond motifs is 1. The maximum atomic E-state index is 2.28. The maximum absolute atomic E-state index is 2.28. The van der Waals surface area contributed by atoms with Gasteiger partial charge in [-0.25, -0.2) is 0 Å². The van der Waals surface area contributed by atoms with Gasteiger partial charge in [0.2, 0.25) is 5.52 Å². The standard InChI is InChI=1S/C24H20B.C17H19N2S/c1-5-13-21(14-6-1)25(22-15-7-2-8-16-22,23-17-9-3-10-18-23)24-19-11-4-12-20-24;1-12-5-10-15-16(11-12)20-17(19(15)4)13-6-8-14(9-7-13)18(2)3/h1-20H;5-11H,1-4H3/q-1;+1. The molecule has 0 saturated heterocycles. The number of hydrogen-bond donors (Lipinski definition) is 0. The molecule has 4 heteroatoms. The fourth-order valence-electron chi connectivity index (χ4n) is 6.54. The Morgan fingerprint density at radius 1 is 0.533 bits per heavy atom. The second-order valence-corrected chi connectivity index (χ2v) is 12.9. The quantitative estimate of drug-likeness (QED) is 0.150. The van der Waals surface area contributed by atoms with Gasteiger partial charge >= 0.3 is 0 Å². The molecule has 0 spiro atoms. The first-order valence-electron chi connectivity index (χ1n) is 15.5. The molecule has 0 fully saturated rings. The van der Waals surface area contributed by atoms with Gasteiger partial charge in [-0.15, -0.1) is 0 Å². The van der Waals surface area contributed by atoms with Crippen LogP contribution in [-0.4, -0.2) is 20.2 Å². The summed E-state index contributed by atoms with van der Waals surface area (Å²) < 4.78 is 3.63. The molecule has 0 unspecified atom stereocenters. The van der Waals surface area contributed by atoms with Gasteiger partial charge in [-0.1, -0.05) is 139 Å². The van der Waals surface area contributed by atoms with Crippen molar-refractivity contribution in [3.63, 3.8) is 0 Å². The van der Waals surface area contributed by atoms with E-state index < -0.39 is 6.15 Å². The van der Waals surface area contributed by atoms with E-state index in [-0.39, 0.29) is 0 Å². The van der Waals surface area contributed by atoms with E-state index in [2.05, 4.69) is 201 Å². The van der Waals surface area contributed by atoms with Crippen LogP contribution < -0.4 is 31.3 Å². The molecule has 0 aliphatic carbocycles. The van der Waals surface area contributed by atoms with Crippen molar-refractivity contribution in [3.8, 4) is 10.6 Å². The number of nitrogens with zero attached hydrogens (tertiary/aromatic N) is 2. The van der Waals surface area contributed by atoms with Crippen LogP contribution in [0.3, 0.4) is 0 Å². The Hall–Kier alpha value is -4.93. The van der Waals surface area contributed by atoms with Crippen LogP contribution >= 0.6 is 11.3 Å². The first-order valence-corrected chi connectivity index (χ1v) is 16.3. The zero-order valence-electron chi connectivity index (χ0n) is 26.5. The van der Waals surface area contributed by atoms with Gasteiger partial charge in [0, 0.05) is 25.8 Å². The highest BCUT2D eigenvalue weighted by molar-refractivity contribution is 7.21. The van der Waals surface area contributed by atoms with E-state index in [0.29, 0.717) is 0 Å². The summed E-state index contributed by atoms with van der Waals surface area (Å²) in [5, 5.41) is 1.30. The van der Waals surface area contributed by atoms with Crippen molar-refractivity contribution in [2.24, 2.45) is 7.05 Å². The number of benzene rings is 6. The minimum atomic E-state index is -1.22. The van der Waals surface area contributed by atoms with E-state index in [9.17, 15) is 0 Å². The summed E-state index contributed by atoms with van der Waals surface area (Å²) in [4.78, 5) is 2.12. The number of rotatable bonds is 6. The highest BCUT2D eigenvalue weighted by Gasteiger charge is 2.31. The van der Waals surface area contributed by atoms with Crippen molar-refractivity contribution in [2.75, 3.05) is 19.0 Å². The Balaban J connectivity index is 0.000000163. The second-order valence-electron chi connectivity index (χ2n) is 11.9. The lowest BCUT2D eigenvalue weighted by Crippen LogP contribution is -2.74. The monoisotopic (exact) mass is 602 g/mol. The number of aromatic nitrogens is 1. The number of thiazole rings is 1. The van der Waals surface area contributed by atoms with E-state index in [0.717, 1.165) is 0 Å². The average molecular weight is 603 g/mol. The third-order valence-corrected chi connectivity index (χ3v) is 10.1. The Morgan fingerprint density at radius 3 is 1.36 bits per heavy atom. The summed E-state index contributed by atoms with van der Waals surface area (Å²) in [7, 11) is 6.28. The van der Waals surface area contributed by atoms with Crippen molar-refractivity contribution in [1.29, 1.82) is 0 Å². The molecule has 7 aromatic rings. The van der Waals surface area contributed by atoms with Crippen LogP contribution in [-0.2, 0) is 7.05 Å². The highest BCUT2D eigenvalue weighted by Crippen LogP contribution is 2.29. The molecule has 0 radical (unpaired) electrons. The first-order chi connectivity index (χ1) is 22.0. The molecule has 0 saturated carbocycles. The van der Waals surface area contributed by atoms with Crippen LogP contribution in [0.2, 0.25) is 0 Å². The Morgan fingerprint density at radius 2 is 0.956 bits per heavy atom. The zero-order valence-corrected chi connectivity index (χ0v) is 27.3. The van der Waals surface area contributed by atoms with Gasteiger partial charge in [0.1, 0.15) is 17.9 Å². The van der Waals surface area contributed by atoms with Gasteiger partial charge in [0.05, 0.1) is 5.56 Å². The van der Waals surface area contributed by atoms with Crippen LogP contribution in [0.1, 0.15) is 5.56 Å².